The van der Waals surface area contributed by atoms with Crippen molar-refractivity contribution in [3.8, 4) is 11.4 Å². The monoisotopic (exact) mass is 333 g/mol. The number of nitrogens with zero attached hydrogens (tertiary/aromatic N) is 3. The van der Waals surface area contributed by atoms with E-state index in [1.165, 1.54) is 0 Å². The zero-order valence-corrected chi connectivity index (χ0v) is 13.9. The average molecular weight is 333 g/mol. The van der Waals surface area contributed by atoms with E-state index in [2.05, 4.69) is 17.1 Å². The van der Waals surface area contributed by atoms with E-state index in [1.54, 1.807) is 0 Å². The molecule has 1 saturated heterocycles. The number of allylic oxidation sites excluding steroid dienone is 2. The number of hydrogen-bond donors (Lipinski definition) is 0. The van der Waals surface area contributed by atoms with Gasteiger partial charge in [-0.3, -0.25) is 4.79 Å². The highest BCUT2D eigenvalue weighted by Gasteiger charge is 2.53. The number of benzene rings is 1. The summed E-state index contributed by atoms with van der Waals surface area (Å²) in [4.78, 5) is 23.7. The van der Waals surface area contributed by atoms with E-state index >= 15 is 0 Å². The summed E-state index contributed by atoms with van der Waals surface area (Å²) in [5.41, 5.74) is 2.60. The van der Waals surface area contributed by atoms with E-state index < -0.39 is 5.60 Å². The molecule has 5 heteroatoms. The lowest BCUT2D eigenvalue weighted by Gasteiger charge is -2.48. The van der Waals surface area contributed by atoms with Crippen LogP contribution in [0.4, 0.5) is 0 Å². The van der Waals surface area contributed by atoms with Gasteiger partial charge in [0, 0.05) is 23.2 Å². The molecule has 1 aliphatic carbocycles. The molecule has 1 spiro atoms. The zero-order valence-electron chi connectivity index (χ0n) is 13.9. The minimum atomic E-state index is -0.397. The average Bonchev–Trinajstić information content (AvgIpc) is 3.28. The molecule has 0 radical (unpaired) electrons. The van der Waals surface area contributed by atoms with Crippen molar-refractivity contribution < 1.29 is 9.53 Å². The van der Waals surface area contributed by atoms with Crippen molar-refractivity contribution in [3.63, 3.8) is 0 Å². The largest absolute Gasteiger partial charge is 0.360 e. The van der Waals surface area contributed by atoms with Crippen molar-refractivity contribution in [2.24, 2.45) is 5.92 Å². The second-order valence-corrected chi connectivity index (χ2v) is 7.04. The summed E-state index contributed by atoms with van der Waals surface area (Å²) < 4.78 is 6.07. The molecule has 3 heterocycles. The number of ether oxygens (including phenoxy) is 1. The molecule has 25 heavy (non-hydrogen) atoms. The third-order valence-electron chi connectivity index (χ3n) is 5.44. The van der Waals surface area contributed by atoms with Crippen molar-refractivity contribution in [3.05, 3.63) is 59.9 Å². The van der Waals surface area contributed by atoms with Crippen LogP contribution < -0.4 is 0 Å². The number of rotatable bonds is 2. The van der Waals surface area contributed by atoms with Crippen LogP contribution in [0.15, 0.2) is 48.7 Å². The SMILES string of the molecule is O=C(C1CC=CC1)N1CC2(C1)OCc1nc(-c3ccccc3)ncc12. The maximum Gasteiger partial charge on any atom is 0.226 e. The van der Waals surface area contributed by atoms with Gasteiger partial charge in [-0.15, -0.1) is 0 Å². The highest BCUT2D eigenvalue weighted by atomic mass is 16.5. The van der Waals surface area contributed by atoms with Crippen LogP contribution in [-0.4, -0.2) is 33.9 Å². The fraction of sp³-hybridized carbons (Fsp3) is 0.350. The standard InChI is InChI=1S/C20H19N3O2/c24-19(15-8-4-5-9-15)23-12-20(13-23)16-10-21-18(22-17(16)11-25-20)14-6-2-1-3-7-14/h1-7,10,15H,8-9,11-13H2. The first-order valence-corrected chi connectivity index (χ1v) is 8.75. The Labute approximate surface area is 146 Å². The zero-order chi connectivity index (χ0) is 16.9. The van der Waals surface area contributed by atoms with Crippen molar-refractivity contribution >= 4 is 5.91 Å². The molecule has 0 saturated carbocycles. The van der Waals surface area contributed by atoms with Crippen molar-refractivity contribution in [2.45, 2.75) is 25.0 Å². The van der Waals surface area contributed by atoms with Gasteiger partial charge < -0.3 is 9.64 Å². The second-order valence-electron chi connectivity index (χ2n) is 7.04. The van der Waals surface area contributed by atoms with Crippen LogP contribution in [0.1, 0.15) is 24.1 Å². The number of carbonyl (C=O) groups excluding carboxylic acids is 1. The van der Waals surface area contributed by atoms with E-state index in [0.29, 0.717) is 19.7 Å². The predicted octanol–water partition coefficient (Wildman–Crippen LogP) is 2.68. The number of carbonyl (C=O) groups is 1. The van der Waals surface area contributed by atoms with E-state index in [4.69, 9.17) is 9.72 Å². The minimum Gasteiger partial charge on any atom is -0.360 e. The van der Waals surface area contributed by atoms with Gasteiger partial charge >= 0.3 is 0 Å². The summed E-state index contributed by atoms with van der Waals surface area (Å²) in [5, 5.41) is 0. The Morgan fingerprint density at radius 3 is 2.68 bits per heavy atom. The number of hydrogen-bond acceptors (Lipinski definition) is 4. The number of likely N-dealkylation sites (tertiary alicyclic amines) is 1. The van der Waals surface area contributed by atoms with Crippen LogP contribution in [0.5, 0.6) is 0 Å². The maximum atomic E-state index is 12.5. The quantitative estimate of drug-likeness (QED) is 0.793. The topological polar surface area (TPSA) is 55.3 Å². The first kappa shape index (κ1) is 14.8. The Hall–Kier alpha value is -2.53. The van der Waals surface area contributed by atoms with Gasteiger partial charge in [0.25, 0.3) is 0 Å². The Kier molecular flexibility index (Phi) is 3.25. The lowest BCUT2D eigenvalue weighted by molar-refractivity contribution is -0.172. The van der Waals surface area contributed by atoms with E-state index in [0.717, 1.165) is 35.5 Å². The van der Waals surface area contributed by atoms with Crippen molar-refractivity contribution in [1.29, 1.82) is 0 Å². The molecule has 0 unspecified atom stereocenters. The fourth-order valence-corrected chi connectivity index (χ4v) is 3.98. The maximum absolute atomic E-state index is 12.5. The van der Waals surface area contributed by atoms with Crippen LogP contribution in [-0.2, 0) is 21.7 Å². The number of amides is 1. The molecule has 0 N–H and O–H groups in total. The molecule has 1 amide bonds. The molecule has 2 aromatic rings. The van der Waals surface area contributed by atoms with Crippen LogP contribution >= 0.6 is 0 Å². The minimum absolute atomic E-state index is 0.120. The highest BCUT2D eigenvalue weighted by Crippen LogP contribution is 2.43. The lowest BCUT2D eigenvalue weighted by Crippen LogP contribution is -2.62. The van der Waals surface area contributed by atoms with Gasteiger partial charge in [0.05, 0.1) is 25.4 Å². The van der Waals surface area contributed by atoms with Crippen LogP contribution in [0.3, 0.4) is 0 Å². The summed E-state index contributed by atoms with van der Waals surface area (Å²) in [6.45, 7) is 1.72. The third-order valence-corrected chi connectivity index (χ3v) is 5.44. The van der Waals surface area contributed by atoms with Crippen LogP contribution in [0.2, 0.25) is 0 Å². The molecule has 1 aromatic heterocycles. The molecular formula is C20H19N3O2. The lowest BCUT2D eigenvalue weighted by atomic mass is 9.86. The van der Waals surface area contributed by atoms with Gasteiger partial charge in [0.1, 0.15) is 5.60 Å². The molecule has 5 nitrogen and oxygen atoms in total. The second kappa shape index (κ2) is 5.49. The Morgan fingerprint density at radius 2 is 1.92 bits per heavy atom. The van der Waals surface area contributed by atoms with Crippen LogP contribution in [0, 0.1) is 5.92 Å². The van der Waals surface area contributed by atoms with Gasteiger partial charge in [0.15, 0.2) is 5.82 Å². The summed E-state index contributed by atoms with van der Waals surface area (Å²) in [7, 11) is 0. The smallest absolute Gasteiger partial charge is 0.226 e. The molecule has 5 rings (SSSR count). The normalized spacial score (nSPS) is 20.7. The Bertz CT molecular complexity index is 848. The molecule has 1 fully saturated rings. The first-order valence-electron chi connectivity index (χ1n) is 8.75. The number of aromatic nitrogens is 2. The third kappa shape index (κ3) is 2.30. The molecular weight excluding hydrogens is 314 g/mol. The van der Waals surface area contributed by atoms with E-state index in [1.807, 2.05) is 41.4 Å². The molecule has 0 bridgehead atoms. The van der Waals surface area contributed by atoms with Crippen LogP contribution in [0.25, 0.3) is 11.4 Å². The van der Waals surface area contributed by atoms with Crippen molar-refractivity contribution in [2.75, 3.05) is 13.1 Å². The van der Waals surface area contributed by atoms with E-state index in [9.17, 15) is 4.79 Å². The molecule has 126 valence electrons. The number of fused-ring (bicyclic) bond motifs is 2. The fourth-order valence-electron chi connectivity index (χ4n) is 3.98. The van der Waals surface area contributed by atoms with Gasteiger partial charge in [-0.2, -0.15) is 0 Å². The molecule has 0 atom stereocenters. The summed E-state index contributed by atoms with van der Waals surface area (Å²) in [5.74, 6) is 1.09. The summed E-state index contributed by atoms with van der Waals surface area (Å²) >= 11 is 0. The molecule has 1 aromatic carbocycles. The summed E-state index contributed by atoms with van der Waals surface area (Å²) in [6.07, 6.45) is 7.81. The Balaban J connectivity index is 1.35. The first-order chi connectivity index (χ1) is 12.3. The molecule has 3 aliphatic rings. The van der Waals surface area contributed by atoms with Gasteiger partial charge in [-0.25, -0.2) is 9.97 Å². The van der Waals surface area contributed by atoms with E-state index in [-0.39, 0.29) is 11.8 Å². The summed E-state index contributed by atoms with van der Waals surface area (Å²) in [6, 6.07) is 9.96. The molecule has 2 aliphatic heterocycles. The highest BCUT2D eigenvalue weighted by molar-refractivity contribution is 5.81. The Morgan fingerprint density at radius 1 is 1.16 bits per heavy atom. The van der Waals surface area contributed by atoms with Gasteiger partial charge in [-0.1, -0.05) is 42.5 Å². The van der Waals surface area contributed by atoms with Crippen molar-refractivity contribution in [1.82, 2.24) is 14.9 Å². The van der Waals surface area contributed by atoms with Gasteiger partial charge in [-0.05, 0) is 12.8 Å². The van der Waals surface area contributed by atoms with Gasteiger partial charge in [0.2, 0.25) is 5.91 Å². The predicted molar refractivity (Wildman–Crippen MR) is 92.4 cm³/mol.